The maximum atomic E-state index is 11.6. The molecule has 2 aromatic rings. The molecule has 0 aromatic heterocycles. The molecule has 0 fully saturated rings. The Hall–Kier alpha value is -2.57. The number of carbonyl (C=O) groups excluding carboxylic acids is 1. The zero-order valence-electron chi connectivity index (χ0n) is 12.0. The molecule has 0 atom stereocenters. The van der Waals surface area contributed by atoms with E-state index in [-0.39, 0.29) is 5.91 Å². The smallest absolute Gasteiger partial charge is 0.238 e. The lowest BCUT2D eigenvalue weighted by atomic mass is 10.1. The molecule has 106 valence electrons. The third kappa shape index (κ3) is 5.13. The van der Waals surface area contributed by atoms with Crippen LogP contribution in [0, 0.1) is 11.8 Å². The minimum atomic E-state index is -0.0417. The van der Waals surface area contributed by atoms with Crippen LogP contribution in [0.25, 0.3) is 0 Å². The summed E-state index contributed by atoms with van der Waals surface area (Å²) >= 11 is 0. The summed E-state index contributed by atoms with van der Waals surface area (Å²) in [5.74, 6) is 6.16. The molecule has 0 saturated heterocycles. The number of benzene rings is 2. The van der Waals surface area contributed by atoms with Gasteiger partial charge in [-0.1, -0.05) is 37.0 Å². The van der Waals surface area contributed by atoms with E-state index in [1.165, 1.54) is 0 Å². The molecule has 0 bridgehead atoms. The highest BCUT2D eigenvalue weighted by atomic mass is 16.1. The van der Waals surface area contributed by atoms with Gasteiger partial charge in [-0.2, -0.15) is 0 Å². The van der Waals surface area contributed by atoms with E-state index in [1.54, 1.807) is 0 Å². The van der Waals surface area contributed by atoms with Gasteiger partial charge in [0.2, 0.25) is 5.91 Å². The van der Waals surface area contributed by atoms with Crippen molar-refractivity contribution in [2.24, 2.45) is 0 Å². The van der Waals surface area contributed by atoms with Gasteiger partial charge in [0.25, 0.3) is 0 Å². The Kier molecular flexibility index (Phi) is 5.57. The number of likely N-dealkylation sites (N-methyl/N-ethyl adjacent to an activating group) is 1. The van der Waals surface area contributed by atoms with Crippen LogP contribution in [-0.2, 0) is 4.79 Å². The number of hydrogen-bond acceptors (Lipinski definition) is 2. The van der Waals surface area contributed by atoms with Crippen LogP contribution in [0.3, 0.4) is 0 Å². The number of carbonyl (C=O) groups is 1. The van der Waals surface area contributed by atoms with Gasteiger partial charge in [-0.15, -0.1) is 0 Å². The molecule has 1 amide bonds. The van der Waals surface area contributed by atoms with Crippen LogP contribution in [0.15, 0.2) is 54.6 Å². The Bertz CT molecular complexity index is 636. The normalized spacial score (nSPS) is 9.57. The summed E-state index contributed by atoms with van der Waals surface area (Å²) in [7, 11) is 0. The van der Waals surface area contributed by atoms with Crippen LogP contribution in [0.4, 0.5) is 5.69 Å². The molecule has 0 aliphatic carbocycles. The molecule has 2 aromatic carbocycles. The summed E-state index contributed by atoms with van der Waals surface area (Å²) < 4.78 is 0. The Balaban J connectivity index is 1.96. The zero-order valence-corrected chi connectivity index (χ0v) is 12.0. The fourth-order valence-corrected chi connectivity index (χ4v) is 1.75. The first-order valence-corrected chi connectivity index (χ1v) is 6.95. The summed E-state index contributed by atoms with van der Waals surface area (Å²) in [6.07, 6.45) is 0. The van der Waals surface area contributed by atoms with Crippen molar-refractivity contribution in [3.63, 3.8) is 0 Å². The van der Waals surface area contributed by atoms with E-state index >= 15 is 0 Å². The highest BCUT2D eigenvalue weighted by molar-refractivity contribution is 5.92. The first kappa shape index (κ1) is 14.8. The molecule has 0 aliphatic rings. The molecule has 21 heavy (non-hydrogen) atoms. The lowest BCUT2D eigenvalue weighted by molar-refractivity contribution is -0.115. The van der Waals surface area contributed by atoms with E-state index in [0.717, 1.165) is 23.4 Å². The Morgan fingerprint density at radius 1 is 0.952 bits per heavy atom. The van der Waals surface area contributed by atoms with Gasteiger partial charge < -0.3 is 10.6 Å². The molecule has 3 nitrogen and oxygen atoms in total. The Morgan fingerprint density at radius 3 is 2.19 bits per heavy atom. The van der Waals surface area contributed by atoms with E-state index in [9.17, 15) is 4.79 Å². The Morgan fingerprint density at radius 2 is 1.57 bits per heavy atom. The van der Waals surface area contributed by atoms with E-state index in [4.69, 9.17) is 0 Å². The SMILES string of the molecule is CCNCC(=O)Nc1ccc(C#Cc2ccccc2)cc1. The summed E-state index contributed by atoms with van der Waals surface area (Å²) in [5.41, 5.74) is 2.69. The van der Waals surface area contributed by atoms with Gasteiger partial charge in [0, 0.05) is 16.8 Å². The van der Waals surface area contributed by atoms with Crippen molar-refractivity contribution in [3.05, 3.63) is 65.7 Å². The summed E-state index contributed by atoms with van der Waals surface area (Å²) in [5, 5.41) is 5.81. The average molecular weight is 278 g/mol. The van der Waals surface area contributed by atoms with Gasteiger partial charge in [0.1, 0.15) is 0 Å². The van der Waals surface area contributed by atoms with Crippen LogP contribution in [-0.4, -0.2) is 19.0 Å². The van der Waals surface area contributed by atoms with Gasteiger partial charge in [-0.05, 0) is 42.9 Å². The highest BCUT2D eigenvalue weighted by Gasteiger charge is 2.00. The number of nitrogens with one attached hydrogen (secondary N) is 2. The summed E-state index contributed by atoms with van der Waals surface area (Å²) in [6.45, 7) is 3.07. The third-order valence-corrected chi connectivity index (χ3v) is 2.83. The van der Waals surface area contributed by atoms with Crippen LogP contribution in [0.5, 0.6) is 0 Å². The van der Waals surface area contributed by atoms with E-state index < -0.39 is 0 Å². The minimum Gasteiger partial charge on any atom is -0.325 e. The van der Waals surface area contributed by atoms with Crippen molar-refractivity contribution in [1.29, 1.82) is 0 Å². The second-order valence-corrected chi connectivity index (χ2v) is 4.52. The number of hydrogen-bond donors (Lipinski definition) is 2. The molecule has 3 heteroatoms. The topological polar surface area (TPSA) is 41.1 Å². The monoisotopic (exact) mass is 278 g/mol. The van der Waals surface area contributed by atoms with E-state index in [0.29, 0.717) is 6.54 Å². The summed E-state index contributed by atoms with van der Waals surface area (Å²) in [6, 6.07) is 17.4. The van der Waals surface area contributed by atoms with Crippen molar-refractivity contribution in [2.45, 2.75) is 6.92 Å². The van der Waals surface area contributed by atoms with E-state index in [1.807, 2.05) is 61.5 Å². The predicted molar refractivity (Wildman–Crippen MR) is 86.0 cm³/mol. The molecule has 0 heterocycles. The Labute approximate surface area is 125 Å². The van der Waals surface area contributed by atoms with Gasteiger partial charge in [0.05, 0.1) is 6.54 Å². The van der Waals surface area contributed by atoms with Crippen LogP contribution < -0.4 is 10.6 Å². The van der Waals surface area contributed by atoms with E-state index in [2.05, 4.69) is 22.5 Å². The minimum absolute atomic E-state index is 0.0417. The number of anilines is 1. The van der Waals surface area contributed by atoms with Crippen molar-refractivity contribution in [3.8, 4) is 11.8 Å². The summed E-state index contributed by atoms with van der Waals surface area (Å²) in [4.78, 5) is 11.6. The van der Waals surface area contributed by atoms with Crippen LogP contribution >= 0.6 is 0 Å². The second-order valence-electron chi connectivity index (χ2n) is 4.52. The molecule has 0 radical (unpaired) electrons. The number of amides is 1. The molecule has 2 N–H and O–H groups in total. The fourth-order valence-electron chi connectivity index (χ4n) is 1.75. The number of rotatable bonds is 4. The molecular weight excluding hydrogens is 260 g/mol. The maximum absolute atomic E-state index is 11.6. The van der Waals surface area contributed by atoms with Gasteiger partial charge in [-0.3, -0.25) is 4.79 Å². The average Bonchev–Trinajstić information content (AvgIpc) is 2.53. The first-order chi connectivity index (χ1) is 10.3. The standard InChI is InChI=1S/C18H18N2O/c1-2-19-14-18(21)20-17-12-10-16(11-13-17)9-8-15-6-4-3-5-7-15/h3-7,10-13,19H,2,14H2,1H3,(H,20,21). The predicted octanol–water partition coefficient (Wildman–Crippen LogP) is 2.63. The van der Waals surface area contributed by atoms with Crippen LogP contribution in [0.2, 0.25) is 0 Å². The van der Waals surface area contributed by atoms with Gasteiger partial charge in [0.15, 0.2) is 0 Å². The molecular formula is C18H18N2O. The molecule has 0 saturated carbocycles. The lowest BCUT2D eigenvalue weighted by Crippen LogP contribution is -2.27. The largest absolute Gasteiger partial charge is 0.325 e. The third-order valence-electron chi connectivity index (χ3n) is 2.83. The van der Waals surface area contributed by atoms with Crippen molar-refractivity contribution in [1.82, 2.24) is 5.32 Å². The second kappa shape index (κ2) is 7.88. The van der Waals surface area contributed by atoms with Crippen molar-refractivity contribution < 1.29 is 4.79 Å². The first-order valence-electron chi connectivity index (χ1n) is 6.95. The van der Waals surface area contributed by atoms with Crippen molar-refractivity contribution >= 4 is 11.6 Å². The fraction of sp³-hybridized carbons (Fsp3) is 0.167. The van der Waals surface area contributed by atoms with Crippen LogP contribution in [0.1, 0.15) is 18.1 Å². The molecule has 0 unspecified atom stereocenters. The molecule has 0 spiro atoms. The van der Waals surface area contributed by atoms with Gasteiger partial charge in [-0.25, -0.2) is 0 Å². The molecule has 0 aliphatic heterocycles. The van der Waals surface area contributed by atoms with Gasteiger partial charge >= 0.3 is 0 Å². The molecule has 2 rings (SSSR count). The lowest BCUT2D eigenvalue weighted by Gasteiger charge is -2.05. The van der Waals surface area contributed by atoms with Crippen molar-refractivity contribution in [2.75, 3.05) is 18.4 Å². The highest BCUT2D eigenvalue weighted by Crippen LogP contribution is 2.08. The zero-order chi connectivity index (χ0) is 14.9. The maximum Gasteiger partial charge on any atom is 0.238 e. The quantitative estimate of drug-likeness (QED) is 0.844.